The summed E-state index contributed by atoms with van der Waals surface area (Å²) in [4.78, 5) is 32.4. The summed E-state index contributed by atoms with van der Waals surface area (Å²) in [5, 5.41) is 3.99. The summed E-state index contributed by atoms with van der Waals surface area (Å²) in [6, 6.07) is 31.0. The number of amides is 2. The summed E-state index contributed by atoms with van der Waals surface area (Å²) in [5.74, 6) is 0.345. The first-order valence-electron chi connectivity index (χ1n) is 13.6. The van der Waals surface area contributed by atoms with E-state index in [-0.39, 0.29) is 18.4 Å². The van der Waals surface area contributed by atoms with Crippen molar-refractivity contribution in [1.29, 1.82) is 0 Å². The van der Waals surface area contributed by atoms with Gasteiger partial charge < -0.3 is 19.9 Å². The van der Waals surface area contributed by atoms with Crippen LogP contribution in [0.25, 0.3) is 22.2 Å². The summed E-state index contributed by atoms with van der Waals surface area (Å²) in [7, 11) is 0. The topological polar surface area (TPSA) is 74.4 Å². The molecule has 2 amide bonds. The van der Waals surface area contributed by atoms with Crippen LogP contribution in [-0.2, 0) is 4.79 Å². The Bertz CT molecular complexity index is 1690. The molecule has 1 atom stereocenters. The largest absolute Gasteiger partial charge is 0.494 e. The molecule has 6 nitrogen and oxygen atoms in total. The van der Waals surface area contributed by atoms with Crippen molar-refractivity contribution in [2.45, 2.75) is 26.3 Å². The summed E-state index contributed by atoms with van der Waals surface area (Å²) in [6.45, 7) is 4.68. The second-order valence-electron chi connectivity index (χ2n) is 10.2. The van der Waals surface area contributed by atoms with E-state index in [1.807, 2.05) is 66.7 Å². The first kappa shape index (κ1) is 25.4. The zero-order valence-electron chi connectivity index (χ0n) is 22.6. The van der Waals surface area contributed by atoms with Crippen LogP contribution >= 0.6 is 0 Å². The molecule has 1 unspecified atom stereocenters. The van der Waals surface area contributed by atoms with Gasteiger partial charge >= 0.3 is 0 Å². The lowest BCUT2D eigenvalue weighted by atomic mass is 9.93. The third-order valence-corrected chi connectivity index (χ3v) is 7.34. The minimum Gasteiger partial charge on any atom is -0.494 e. The Kier molecular flexibility index (Phi) is 6.83. The van der Waals surface area contributed by atoms with Crippen molar-refractivity contribution in [2.24, 2.45) is 0 Å². The molecule has 0 saturated carbocycles. The maximum atomic E-state index is 13.8. The van der Waals surface area contributed by atoms with Crippen molar-refractivity contribution in [2.75, 3.05) is 18.5 Å². The molecule has 5 aromatic rings. The van der Waals surface area contributed by atoms with Crippen LogP contribution in [0.5, 0.6) is 5.75 Å². The predicted molar refractivity (Wildman–Crippen MR) is 159 cm³/mol. The van der Waals surface area contributed by atoms with E-state index in [1.165, 1.54) is 5.56 Å². The third kappa shape index (κ3) is 4.73. The highest BCUT2D eigenvalue weighted by Gasteiger charge is 2.41. The molecule has 0 bridgehead atoms. The number of carbonyl (C=O) groups is 2. The van der Waals surface area contributed by atoms with Crippen LogP contribution in [0.15, 0.2) is 97.1 Å². The van der Waals surface area contributed by atoms with Crippen LogP contribution in [-0.4, -0.2) is 34.8 Å². The molecule has 4 aromatic carbocycles. The van der Waals surface area contributed by atoms with Gasteiger partial charge in [0, 0.05) is 27.7 Å². The Balaban J connectivity index is 1.38. The Morgan fingerprint density at radius 2 is 1.65 bits per heavy atom. The van der Waals surface area contributed by atoms with Crippen molar-refractivity contribution in [3.8, 4) is 17.0 Å². The van der Waals surface area contributed by atoms with Crippen LogP contribution in [0.2, 0.25) is 0 Å². The molecule has 40 heavy (non-hydrogen) atoms. The lowest BCUT2D eigenvalue weighted by Crippen LogP contribution is -2.36. The van der Waals surface area contributed by atoms with Gasteiger partial charge in [0.05, 0.1) is 18.3 Å². The Morgan fingerprint density at radius 3 is 2.42 bits per heavy atom. The maximum absolute atomic E-state index is 13.8. The van der Waals surface area contributed by atoms with Crippen molar-refractivity contribution in [3.63, 3.8) is 0 Å². The van der Waals surface area contributed by atoms with E-state index in [2.05, 4.69) is 54.5 Å². The summed E-state index contributed by atoms with van der Waals surface area (Å²) in [5.41, 5.74) is 7.30. The van der Waals surface area contributed by atoms with E-state index in [9.17, 15) is 9.59 Å². The van der Waals surface area contributed by atoms with Gasteiger partial charge in [-0.2, -0.15) is 0 Å². The second-order valence-corrected chi connectivity index (χ2v) is 10.2. The van der Waals surface area contributed by atoms with Gasteiger partial charge in [-0.25, -0.2) is 0 Å². The third-order valence-electron chi connectivity index (χ3n) is 7.34. The van der Waals surface area contributed by atoms with Crippen LogP contribution in [0.3, 0.4) is 0 Å². The van der Waals surface area contributed by atoms with E-state index in [4.69, 9.17) is 4.74 Å². The van der Waals surface area contributed by atoms with E-state index >= 15 is 0 Å². The summed E-state index contributed by atoms with van der Waals surface area (Å²) < 4.78 is 5.65. The highest BCUT2D eigenvalue weighted by molar-refractivity contribution is 6.05. The number of benzene rings is 4. The SMILES string of the molecule is CCCOc1ccc(NC(=O)CN2C(=O)c3ccccc3C2c2c(-c3ccc(C)cc3)[nH]c3ccccc23)cc1. The molecule has 0 spiro atoms. The average molecular weight is 530 g/mol. The molecule has 0 saturated heterocycles. The number of hydrogen-bond acceptors (Lipinski definition) is 3. The fourth-order valence-corrected chi connectivity index (χ4v) is 5.45. The number of H-pyrrole nitrogens is 1. The number of para-hydroxylation sites is 1. The van der Waals surface area contributed by atoms with Crippen molar-refractivity contribution in [1.82, 2.24) is 9.88 Å². The molecule has 1 aromatic heterocycles. The highest BCUT2D eigenvalue weighted by atomic mass is 16.5. The molecule has 0 aliphatic carbocycles. The summed E-state index contributed by atoms with van der Waals surface area (Å²) >= 11 is 0. The number of ether oxygens (including phenoxy) is 1. The van der Waals surface area contributed by atoms with Gasteiger partial charge in [-0.3, -0.25) is 9.59 Å². The van der Waals surface area contributed by atoms with E-state index < -0.39 is 6.04 Å². The number of aryl methyl sites for hydroxylation is 1. The molecule has 200 valence electrons. The van der Waals surface area contributed by atoms with Gasteiger partial charge in [-0.15, -0.1) is 0 Å². The number of fused-ring (bicyclic) bond motifs is 2. The predicted octanol–water partition coefficient (Wildman–Crippen LogP) is 7.12. The van der Waals surface area contributed by atoms with Crippen molar-refractivity contribution < 1.29 is 14.3 Å². The molecular weight excluding hydrogens is 498 g/mol. The van der Waals surface area contributed by atoms with Crippen LogP contribution in [0, 0.1) is 6.92 Å². The smallest absolute Gasteiger partial charge is 0.255 e. The quantitative estimate of drug-likeness (QED) is 0.225. The number of hydrogen-bond donors (Lipinski definition) is 2. The second kappa shape index (κ2) is 10.7. The normalized spacial score (nSPS) is 14.4. The number of rotatable bonds is 8. The fourth-order valence-electron chi connectivity index (χ4n) is 5.45. The molecule has 1 aliphatic heterocycles. The molecule has 0 radical (unpaired) electrons. The number of aromatic amines is 1. The van der Waals surface area contributed by atoms with Gasteiger partial charge in [0.1, 0.15) is 12.3 Å². The van der Waals surface area contributed by atoms with Gasteiger partial charge in [0.25, 0.3) is 5.91 Å². The monoisotopic (exact) mass is 529 g/mol. The van der Waals surface area contributed by atoms with Gasteiger partial charge in [-0.05, 0) is 60.9 Å². The maximum Gasteiger partial charge on any atom is 0.255 e. The number of aromatic nitrogens is 1. The lowest BCUT2D eigenvalue weighted by Gasteiger charge is -2.26. The Labute approximate surface area is 233 Å². The number of carbonyl (C=O) groups excluding carboxylic acids is 2. The number of anilines is 1. The molecule has 6 rings (SSSR count). The molecule has 2 N–H and O–H groups in total. The van der Waals surface area contributed by atoms with E-state index in [0.717, 1.165) is 45.5 Å². The van der Waals surface area contributed by atoms with E-state index in [0.29, 0.717) is 17.9 Å². The van der Waals surface area contributed by atoms with Crippen molar-refractivity contribution >= 4 is 28.4 Å². The zero-order valence-corrected chi connectivity index (χ0v) is 22.6. The number of nitrogens with one attached hydrogen (secondary N) is 2. The average Bonchev–Trinajstić information content (AvgIpc) is 3.48. The lowest BCUT2D eigenvalue weighted by molar-refractivity contribution is -0.117. The van der Waals surface area contributed by atoms with Gasteiger partial charge in [-0.1, -0.05) is 73.2 Å². The van der Waals surface area contributed by atoms with Crippen molar-refractivity contribution in [3.05, 3.63) is 119 Å². The Morgan fingerprint density at radius 1 is 0.925 bits per heavy atom. The van der Waals surface area contributed by atoms with E-state index in [1.54, 1.807) is 4.90 Å². The van der Waals surface area contributed by atoms with Crippen LogP contribution in [0.4, 0.5) is 5.69 Å². The van der Waals surface area contributed by atoms with Crippen LogP contribution < -0.4 is 10.1 Å². The minimum atomic E-state index is -0.424. The highest BCUT2D eigenvalue weighted by Crippen LogP contribution is 2.45. The Hall–Kier alpha value is -4.84. The first-order chi connectivity index (χ1) is 19.5. The van der Waals surface area contributed by atoms with Gasteiger partial charge in [0.2, 0.25) is 5.91 Å². The number of nitrogens with zero attached hydrogens (tertiary/aromatic N) is 1. The molecule has 1 aliphatic rings. The zero-order chi connectivity index (χ0) is 27.6. The molecule has 6 heteroatoms. The van der Waals surface area contributed by atoms with Gasteiger partial charge in [0.15, 0.2) is 0 Å². The summed E-state index contributed by atoms with van der Waals surface area (Å²) in [6.07, 6.45) is 0.925. The molecule has 2 heterocycles. The minimum absolute atomic E-state index is 0.0842. The first-order valence-corrected chi connectivity index (χ1v) is 13.6. The van der Waals surface area contributed by atoms with Crippen LogP contribution in [0.1, 0.15) is 46.4 Å². The standard InChI is InChI=1S/C34H31N3O3/c1-3-20-40-25-18-16-24(17-19-25)35-30(38)21-37-33(26-8-4-5-9-27(26)34(37)39)31-28-10-6-7-11-29(28)36-32(31)23-14-12-22(2)13-15-23/h4-19,33,36H,3,20-21H2,1-2H3,(H,35,38). The molecule has 0 fully saturated rings. The molecular formula is C34H31N3O3. The fraction of sp³-hybridized carbons (Fsp3) is 0.176.